The van der Waals surface area contributed by atoms with E-state index in [1.807, 2.05) is 35.9 Å². The summed E-state index contributed by atoms with van der Waals surface area (Å²) in [6, 6.07) is 16.1. The van der Waals surface area contributed by atoms with Crippen molar-refractivity contribution in [3.63, 3.8) is 0 Å². The van der Waals surface area contributed by atoms with Gasteiger partial charge >= 0.3 is 5.97 Å². The molecule has 48 heavy (non-hydrogen) atoms. The van der Waals surface area contributed by atoms with Crippen molar-refractivity contribution in [2.75, 3.05) is 13.6 Å². The maximum atomic E-state index is 15.3. The number of ether oxygens (including phenoxy) is 1. The Balaban J connectivity index is 0.00000312. The standard InChI is InChI=1S/C34H33F2N6O3S.2BrH/c1-21-11-25(12-22(2)32(21)45-31(43)15-38-4)16-41-19-39-42(20-41)18-34(44,28-10-9-27(35)13-29(28)36)23(3)33-40-30(17-46-33)26-7-5-24(14-37)6-8-26;;/h5-13,17,19-20,23,38,44H,15-16,18H2,1-4H3;2*1H/q+1;;/p-1/t23-,34+;;/m0../s1. The summed E-state index contributed by atoms with van der Waals surface area (Å²) in [6.45, 7) is 5.88. The van der Waals surface area contributed by atoms with E-state index in [-0.39, 0.29) is 58.6 Å². The molecule has 2 heterocycles. The molecule has 5 rings (SSSR count). The number of carbonyl (C=O) groups is 1. The van der Waals surface area contributed by atoms with Gasteiger partial charge < -0.3 is 32.1 Å². The maximum Gasteiger partial charge on any atom is 0.325 e. The molecule has 0 saturated heterocycles. The van der Waals surface area contributed by atoms with Crippen LogP contribution in [0.25, 0.3) is 11.3 Å². The molecule has 0 bridgehead atoms. The van der Waals surface area contributed by atoms with E-state index in [4.69, 9.17) is 15.0 Å². The molecule has 0 aliphatic carbocycles. The lowest BCUT2D eigenvalue weighted by atomic mass is 9.82. The Labute approximate surface area is 302 Å². The van der Waals surface area contributed by atoms with Crippen LogP contribution in [-0.4, -0.2) is 39.4 Å². The average Bonchev–Trinajstić information content (AvgIpc) is 3.68. The predicted octanol–water partition coefficient (Wildman–Crippen LogP) is 2.51. The van der Waals surface area contributed by atoms with Crippen LogP contribution in [0.2, 0.25) is 0 Å². The minimum atomic E-state index is -1.85. The van der Waals surface area contributed by atoms with Crippen LogP contribution in [0.15, 0.2) is 72.6 Å². The molecule has 0 unspecified atom stereocenters. The molecular formula is C34H34Br2F2N6O3S. The summed E-state index contributed by atoms with van der Waals surface area (Å²) in [6.07, 6.45) is 3.30. The highest BCUT2D eigenvalue weighted by Crippen LogP contribution is 2.41. The highest BCUT2D eigenvalue weighted by atomic mass is 79.9. The van der Waals surface area contributed by atoms with Gasteiger partial charge in [-0.15, -0.1) is 33.0 Å². The summed E-state index contributed by atoms with van der Waals surface area (Å²) < 4.78 is 38.0. The van der Waals surface area contributed by atoms with Crippen LogP contribution in [0, 0.1) is 36.8 Å². The zero-order chi connectivity index (χ0) is 33.0. The Morgan fingerprint density at radius 1 is 1.17 bits per heavy atom. The van der Waals surface area contributed by atoms with Crippen molar-refractivity contribution in [1.82, 2.24) is 20.1 Å². The Kier molecular flexibility index (Phi) is 13.3. The lowest BCUT2D eigenvalue weighted by Gasteiger charge is -2.32. The number of nitrogens with zero attached hydrogens (tertiary/aromatic N) is 5. The highest BCUT2D eigenvalue weighted by molar-refractivity contribution is 8.93. The molecule has 0 fully saturated rings. The van der Waals surface area contributed by atoms with Crippen LogP contribution in [0.1, 0.15) is 45.7 Å². The zero-order valence-electron chi connectivity index (χ0n) is 26.6. The smallest absolute Gasteiger partial charge is 0.325 e. The summed E-state index contributed by atoms with van der Waals surface area (Å²) >= 11 is 1.32. The number of hydrogen-bond acceptors (Lipinski definition) is 8. The fourth-order valence-corrected chi connectivity index (χ4v) is 6.38. The van der Waals surface area contributed by atoms with Gasteiger partial charge in [-0.05, 0) is 67.9 Å². The van der Waals surface area contributed by atoms with Crippen molar-refractivity contribution in [3.05, 3.63) is 117 Å². The number of rotatable bonds is 11. The summed E-state index contributed by atoms with van der Waals surface area (Å²) in [5.74, 6) is -2.20. The minimum Gasteiger partial charge on any atom is -1.00 e. The largest absolute Gasteiger partial charge is 1.00 e. The average molecular weight is 805 g/mol. The third-order valence-corrected chi connectivity index (χ3v) is 8.80. The number of nitriles is 1. The Bertz CT molecular complexity index is 1910. The van der Waals surface area contributed by atoms with Crippen LogP contribution < -0.4 is 31.6 Å². The van der Waals surface area contributed by atoms with E-state index in [2.05, 4.69) is 16.5 Å². The van der Waals surface area contributed by atoms with Crippen molar-refractivity contribution in [2.24, 2.45) is 0 Å². The van der Waals surface area contributed by atoms with E-state index >= 15 is 4.39 Å². The number of nitrogens with one attached hydrogen (secondary N) is 1. The van der Waals surface area contributed by atoms with Gasteiger partial charge in [-0.1, -0.05) is 25.1 Å². The zero-order valence-corrected chi connectivity index (χ0v) is 30.7. The van der Waals surface area contributed by atoms with E-state index in [9.17, 15) is 14.3 Å². The Morgan fingerprint density at radius 3 is 2.48 bits per heavy atom. The molecule has 3 aromatic carbocycles. The number of thiazole rings is 1. The third kappa shape index (κ3) is 8.58. The quantitative estimate of drug-likeness (QED) is 0.120. The van der Waals surface area contributed by atoms with E-state index < -0.39 is 23.2 Å². The topological polar surface area (TPSA) is 117 Å². The molecule has 0 spiro atoms. The first-order chi connectivity index (χ1) is 22.0. The number of halogens is 4. The SMILES string of the molecule is Br.CNCC(=O)Oc1c(C)cc(C[n+]2cnn(C[C@](O)(c3ccc(F)cc3F)[C@@H](C)c3nc(-c4ccc(C#N)cc4)cs3)c2)cc1C.[Br-]. The van der Waals surface area contributed by atoms with Crippen LogP contribution >= 0.6 is 28.3 Å². The first-order valence-corrected chi connectivity index (χ1v) is 15.4. The first kappa shape index (κ1) is 38.6. The normalized spacial score (nSPS) is 12.6. The molecular weight excluding hydrogens is 770 g/mol. The molecule has 14 heteroatoms. The van der Waals surface area contributed by atoms with Crippen LogP contribution in [0.5, 0.6) is 5.75 Å². The summed E-state index contributed by atoms with van der Waals surface area (Å²) in [4.78, 5) is 16.7. The third-order valence-electron chi connectivity index (χ3n) is 7.77. The molecule has 2 aromatic heterocycles. The van der Waals surface area contributed by atoms with E-state index in [1.165, 1.54) is 22.1 Å². The van der Waals surface area contributed by atoms with Gasteiger partial charge in [0.2, 0.25) is 6.33 Å². The Hall–Kier alpha value is -3.87. The van der Waals surface area contributed by atoms with Crippen LogP contribution in [0.3, 0.4) is 0 Å². The summed E-state index contributed by atoms with van der Waals surface area (Å²) in [5.41, 5.74) is 2.62. The molecule has 2 N–H and O–H groups in total. The molecule has 2 atom stereocenters. The molecule has 0 aliphatic rings. The second kappa shape index (κ2) is 16.5. The number of aromatic nitrogens is 4. The number of aryl methyl sites for hydroxylation is 2. The van der Waals surface area contributed by atoms with E-state index in [1.54, 1.807) is 50.9 Å². The summed E-state index contributed by atoms with van der Waals surface area (Å²) in [7, 11) is 1.67. The van der Waals surface area contributed by atoms with Crippen molar-refractivity contribution in [3.8, 4) is 23.1 Å². The van der Waals surface area contributed by atoms with Crippen LogP contribution in [0.4, 0.5) is 8.78 Å². The minimum absolute atomic E-state index is 0. The van der Waals surface area contributed by atoms with Gasteiger partial charge in [-0.2, -0.15) is 5.26 Å². The maximum absolute atomic E-state index is 15.3. The second-order valence-corrected chi connectivity index (χ2v) is 12.1. The number of likely N-dealkylation sites (N-methyl/N-ethyl adjacent to an activating group) is 1. The van der Waals surface area contributed by atoms with E-state index in [0.717, 1.165) is 34.4 Å². The summed E-state index contributed by atoms with van der Waals surface area (Å²) in [5, 5.41) is 31.0. The van der Waals surface area contributed by atoms with Crippen molar-refractivity contribution in [1.29, 1.82) is 5.26 Å². The number of esters is 1. The molecule has 0 amide bonds. The van der Waals surface area contributed by atoms with Gasteiger partial charge in [0.1, 0.15) is 29.5 Å². The van der Waals surface area contributed by atoms with Gasteiger partial charge in [0.15, 0.2) is 0 Å². The highest BCUT2D eigenvalue weighted by Gasteiger charge is 2.43. The Morgan fingerprint density at radius 2 is 1.85 bits per heavy atom. The number of benzene rings is 3. The molecule has 0 radical (unpaired) electrons. The second-order valence-electron chi connectivity index (χ2n) is 11.2. The van der Waals surface area contributed by atoms with Gasteiger partial charge in [-0.25, -0.2) is 18.3 Å². The number of aliphatic hydroxyl groups is 1. The molecule has 5 aromatic rings. The lowest BCUT2D eigenvalue weighted by Crippen LogP contribution is -3.00. The fourth-order valence-electron chi connectivity index (χ4n) is 5.41. The van der Waals surface area contributed by atoms with Crippen LogP contribution in [-0.2, 0) is 23.5 Å². The molecule has 9 nitrogen and oxygen atoms in total. The monoisotopic (exact) mass is 802 g/mol. The van der Waals surface area contributed by atoms with E-state index in [0.29, 0.717) is 28.6 Å². The first-order valence-electron chi connectivity index (χ1n) is 14.5. The molecule has 0 saturated carbocycles. The van der Waals surface area contributed by atoms with Gasteiger partial charge in [0, 0.05) is 33.6 Å². The predicted molar refractivity (Wildman–Crippen MR) is 178 cm³/mol. The van der Waals surface area contributed by atoms with Crippen molar-refractivity contribution < 1.29 is 45.0 Å². The number of hydrogen-bond donors (Lipinski definition) is 2. The van der Waals surface area contributed by atoms with Crippen molar-refractivity contribution in [2.45, 2.75) is 45.4 Å². The molecule has 252 valence electrons. The fraction of sp³-hybridized carbons (Fsp3) is 0.265. The lowest BCUT2D eigenvalue weighted by molar-refractivity contribution is -0.689. The molecule has 0 aliphatic heterocycles. The van der Waals surface area contributed by atoms with Crippen molar-refractivity contribution >= 4 is 34.3 Å². The van der Waals surface area contributed by atoms with Gasteiger partial charge in [0.05, 0.1) is 35.4 Å². The van der Waals surface area contributed by atoms with Gasteiger partial charge in [0.25, 0.3) is 6.33 Å². The number of carbonyl (C=O) groups excluding carboxylic acids is 1. The van der Waals surface area contributed by atoms with Gasteiger partial charge in [-0.3, -0.25) is 4.79 Å².